The van der Waals surface area contributed by atoms with E-state index in [-0.39, 0.29) is 12.6 Å². The molecule has 0 aliphatic carbocycles. The Morgan fingerprint density at radius 1 is 1.71 bits per heavy atom. The van der Waals surface area contributed by atoms with Crippen LogP contribution in [0.5, 0.6) is 0 Å². The van der Waals surface area contributed by atoms with Gasteiger partial charge in [-0.1, -0.05) is 11.6 Å². The highest BCUT2D eigenvalue weighted by molar-refractivity contribution is 6.32. The number of halogens is 1. The van der Waals surface area contributed by atoms with E-state index in [4.69, 9.17) is 21.1 Å². The molecular weight excluding hydrogens is 246 g/mol. The zero-order valence-corrected chi connectivity index (χ0v) is 10.1. The molecule has 0 N–H and O–H groups in total. The molecule has 1 fully saturated rings. The van der Waals surface area contributed by atoms with Gasteiger partial charge in [0.05, 0.1) is 26.5 Å². The number of carbonyl (C=O) groups is 1. The summed E-state index contributed by atoms with van der Waals surface area (Å²) in [6, 6.07) is -0.513. The molecular formula is C10H12ClN3O3. The molecule has 1 atom stereocenters. The molecule has 0 amide bonds. The van der Waals surface area contributed by atoms with E-state index in [0.29, 0.717) is 24.0 Å². The number of hydrogen-bond acceptors (Lipinski definition) is 6. The van der Waals surface area contributed by atoms with Gasteiger partial charge in [0.2, 0.25) is 0 Å². The molecule has 0 radical (unpaired) electrons. The number of esters is 1. The Hall–Kier alpha value is -1.40. The Balaban J connectivity index is 2.28. The van der Waals surface area contributed by atoms with Crippen molar-refractivity contribution in [3.8, 4) is 0 Å². The van der Waals surface area contributed by atoms with E-state index in [0.717, 1.165) is 0 Å². The van der Waals surface area contributed by atoms with Gasteiger partial charge in [-0.05, 0) is 0 Å². The van der Waals surface area contributed by atoms with E-state index >= 15 is 0 Å². The van der Waals surface area contributed by atoms with Crippen LogP contribution >= 0.6 is 11.6 Å². The third kappa shape index (κ3) is 2.48. The number of morpholine rings is 1. The molecule has 2 rings (SSSR count). The Labute approximate surface area is 104 Å². The van der Waals surface area contributed by atoms with Crippen LogP contribution in [0.4, 0.5) is 5.82 Å². The van der Waals surface area contributed by atoms with Crippen molar-refractivity contribution in [3.05, 3.63) is 17.5 Å². The zero-order chi connectivity index (χ0) is 12.3. The molecule has 17 heavy (non-hydrogen) atoms. The van der Waals surface area contributed by atoms with Crippen molar-refractivity contribution in [2.75, 3.05) is 31.8 Å². The summed E-state index contributed by atoms with van der Waals surface area (Å²) in [6.45, 7) is 1.33. The highest BCUT2D eigenvalue weighted by Crippen LogP contribution is 2.25. The quantitative estimate of drug-likeness (QED) is 0.720. The van der Waals surface area contributed by atoms with Gasteiger partial charge in [0, 0.05) is 6.54 Å². The van der Waals surface area contributed by atoms with Gasteiger partial charge in [-0.15, -0.1) is 0 Å². The lowest BCUT2D eigenvalue weighted by molar-refractivity contribution is -0.144. The van der Waals surface area contributed by atoms with Gasteiger partial charge < -0.3 is 14.4 Å². The molecule has 6 nitrogen and oxygen atoms in total. The highest BCUT2D eigenvalue weighted by atomic mass is 35.5. The van der Waals surface area contributed by atoms with Crippen LogP contribution in [0.15, 0.2) is 12.5 Å². The summed E-state index contributed by atoms with van der Waals surface area (Å²) in [6.07, 6.45) is 2.89. The van der Waals surface area contributed by atoms with Gasteiger partial charge in [0.1, 0.15) is 11.3 Å². The number of carbonyl (C=O) groups excluding carboxylic acids is 1. The van der Waals surface area contributed by atoms with Crippen molar-refractivity contribution in [1.29, 1.82) is 0 Å². The fourth-order valence-corrected chi connectivity index (χ4v) is 1.92. The predicted octanol–water partition coefficient (Wildman–Crippen LogP) is 0.508. The van der Waals surface area contributed by atoms with Crippen molar-refractivity contribution in [1.82, 2.24) is 9.97 Å². The Bertz CT molecular complexity index is 416. The van der Waals surface area contributed by atoms with Gasteiger partial charge in [-0.3, -0.25) is 0 Å². The van der Waals surface area contributed by atoms with Crippen molar-refractivity contribution in [2.24, 2.45) is 0 Å². The zero-order valence-electron chi connectivity index (χ0n) is 9.30. The first-order valence-corrected chi connectivity index (χ1v) is 5.49. The van der Waals surface area contributed by atoms with E-state index in [1.54, 1.807) is 4.90 Å². The summed E-state index contributed by atoms with van der Waals surface area (Å²) < 4.78 is 10.0. The second-order valence-corrected chi connectivity index (χ2v) is 3.91. The standard InChI is InChI=1S/C10H12ClN3O3/c1-16-10(15)8-5-17-3-2-14(8)9-7(11)4-12-6-13-9/h4,6,8H,2-3,5H2,1H3. The molecule has 0 saturated carbocycles. The lowest BCUT2D eigenvalue weighted by Crippen LogP contribution is -2.51. The monoisotopic (exact) mass is 257 g/mol. The predicted molar refractivity (Wildman–Crippen MR) is 61.0 cm³/mol. The maximum absolute atomic E-state index is 11.6. The van der Waals surface area contributed by atoms with Gasteiger partial charge in [-0.2, -0.15) is 0 Å². The van der Waals surface area contributed by atoms with Gasteiger partial charge >= 0.3 is 5.97 Å². The first-order valence-electron chi connectivity index (χ1n) is 5.11. The molecule has 1 aromatic heterocycles. The topological polar surface area (TPSA) is 64.6 Å². The van der Waals surface area contributed by atoms with E-state index in [2.05, 4.69) is 9.97 Å². The summed E-state index contributed by atoms with van der Waals surface area (Å²) in [5.41, 5.74) is 0. The molecule has 7 heteroatoms. The normalized spacial score (nSPS) is 20.1. The average molecular weight is 258 g/mol. The van der Waals surface area contributed by atoms with E-state index in [1.165, 1.54) is 19.6 Å². The van der Waals surface area contributed by atoms with Crippen LogP contribution in [-0.4, -0.2) is 48.8 Å². The maximum atomic E-state index is 11.6. The molecule has 0 spiro atoms. The number of hydrogen-bond donors (Lipinski definition) is 0. The summed E-state index contributed by atoms with van der Waals surface area (Å²) in [5.74, 6) is 0.166. The maximum Gasteiger partial charge on any atom is 0.330 e. The first kappa shape index (κ1) is 12.1. The Morgan fingerprint density at radius 2 is 2.53 bits per heavy atom. The second kappa shape index (κ2) is 5.29. The molecule has 1 aliphatic heterocycles. The fourth-order valence-electron chi connectivity index (χ4n) is 1.71. The summed E-state index contributed by atoms with van der Waals surface area (Å²) >= 11 is 6.01. The van der Waals surface area contributed by atoms with Crippen LogP contribution in [0, 0.1) is 0 Å². The SMILES string of the molecule is COC(=O)C1COCCN1c1ncncc1Cl. The number of nitrogens with zero attached hydrogens (tertiary/aromatic N) is 3. The minimum absolute atomic E-state index is 0.271. The summed E-state index contributed by atoms with van der Waals surface area (Å²) in [4.78, 5) is 21.3. The molecule has 0 aromatic carbocycles. The number of anilines is 1. The lowest BCUT2D eigenvalue weighted by atomic mass is 10.2. The van der Waals surface area contributed by atoms with Gasteiger partial charge in [-0.25, -0.2) is 14.8 Å². The van der Waals surface area contributed by atoms with Crippen LogP contribution in [-0.2, 0) is 14.3 Å². The van der Waals surface area contributed by atoms with Crippen molar-refractivity contribution >= 4 is 23.4 Å². The smallest absolute Gasteiger partial charge is 0.330 e. The molecule has 1 saturated heterocycles. The van der Waals surface area contributed by atoms with Crippen molar-refractivity contribution in [3.63, 3.8) is 0 Å². The number of rotatable bonds is 2. The molecule has 2 heterocycles. The van der Waals surface area contributed by atoms with E-state index in [9.17, 15) is 4.79 Å². The fraction of sp³-hybridized carbons (Fsp3) is 0.500. The number of aromatic nitrogens is 2. The van der Waals surface area contributed by atoms with Crippen LogP contribution in [0.25, 0.3) is 0 Å². The summed E-state index contributed by atoms with van der Waals surface area (Å²) in [5, 5.41) is 0.406. The lowest BCUT2D eigenvalue weighted by Gasteiger charge is -2.34. The number of methoxy groups -OCH3 is 1. The molecule has 1 aromatic rings. The Kier molecular flexibility index (Phi) is 3.75. The number of ether oxygens (including phenoxy) is 2. The first-order chi connectivity index (χ1) is 8.24. The molecule has 92 valence electrons. The second-order valence-electron chi connectivity index (χ2n) is 3.50. The van der Waals surface area contributed by atoms with Crippen LogP contribution in [0.2, 0.25) is 5.02 Å². The summed E-state index contributed by atoms with van der Waals surface area (Å²) in [7, 11) is 1.34. The minimum atomic E-state index is -0.513. The van der Waals surface area contributed by atoms with Crippen molar-refractivity contribution < 1.29 is 14.3 Å². The van der Waals surface area contributed by atoms with Crippen LogP contribution in [0.1, 0.15) is 0 Å². The van der Waals surface area contributed by atoms with Crippen molar-refractivity contribution in [2.45, 2.75) is 6.04 Å². The third-order valence-corrected chi connectivity index (χ3v) is 2.79. The third-order valence-electron chi connectivity index (χ3n) is 2.52. The van der Waals surface area contributed by atoms with Crippen LogP contribution < -0.4 is 4.90 Å². The van der Waals surface area contributed by atoms with E-state index in [1.807, 2.05) is 0 Å². The molecule has 1 aliphatic rings. The largest absolute Gasteiger partial charge is 0.467 e. The minimum Gasteiger partial charge on any atom is -0.467 e. The Morgan fingerprint density at radius 3 is 3.24 bits per heavy atom. The highest BCUT2D eigenvalue weighted by Gasteiger charge is 2.32. The molecule has 0 bridgehead atoms. The van der Waals surface area contributed by atoms with Gasteiger partial charge in [0.15, 0.2) is 11.9 Å². The van der Waals surface area contributed by atoms with Crippen LogP contribution in [0.3, 0.4) is 0 Å². The van der Waals surface area contributed by atoms with E-state index < -0.39 is 6.04 Å². The average Bonchev–Trinajstić information content (AvgIpc) is 2.38. The van der Waals surface area contributed by atoms with Gasteiger partial charge in [0.25, 0.3) is 0 Å². The molecule has 1 unspecified atom stereocenters.